The quantitative estimate of drug-likeness (QED) is 0.827. The molecule has 5 nitrogen and oxygen atoms in total. The lowest BCUT2D eigenvalue weighted by Crippen LogP contribution is -2.26. The van der Waals surface area contributed by atoms with Crippen LogP contribution in [0.25, 0.3) is 0 Å². The summed E-state index contributed by atoms with van der Waals surface area (Å²) in [5.74, 6) is -1.05. The van der Waals surface area contributed by atoms with Crippen molar-refractivity contribution in [3.8, 4) is 0 Å². The maximum atomic E-state index is 12.9. The molecule has 1 amide bonds. The fourth-order valence-corrected chi connectivity index (χ4v) is 1.60. The lowest BCUT2D eigenvalue weighted by molar-refractivity contribution is 0.0953. The molecule has 0 spiro atoms. The summed E-state index contributed by atoms with van der Waals surface area (Å²) in [6, 6.07) is 1.06. The van der Waals surface area contributed by atoms with Crippen LogP contribution < -0.4 is 5.32 Å². The zero-order valence-electron chi connectivity index (χ0n) is 9.28. The van der Waals surface area contributed by atoms with E-state index >= 15 is 0 Å². The van der Waals surface area contributed by atoms with Crippen molar-refractivity contribution in [1.29, 1.82) is 0 Å². The Kier molecular flexibility index (Phi) is 3.88. The highest BCUT2D eigenvalue weighted by Crippen LogP contribution is 2.13. The summed E-state index contributed by atoms with van der Waals surface area (Å²) in [6.07, 6.45) is 4.79. The molecule has 0 fully saturated rings. The smallest absolute Gasteiger partial charge is 0.254 e. The number of nitrogens with zero attached hydrogens (tertiary/aromatic N) is 2. The normalized spacial score (nSPS) is 10.3. The number of H-pyrrole nitrogens is 1. The molecule has 0 bridgehead atoms. The van der Waals surface area contributed by atoms with Crippen molar-refractivity contribution in [1.82, 2.24) is 20.3 Å². The second-order valence-electron chi connectivity index (χ2n) is 3.57. The van der Waals surface area contributed by atoms with Crippen LogP contribution in [0.15, 0.2) is 24.8 Å². The van der Waals surface area contributed by atoms with Crippen molar-refractivity contribution in [2.45, 2.75) is 6.42 Å². The van der Waals surface area contributed by atoms with E-state index in [1.807, 2.05) is 0 Å². The number of nitrogens with one attached hydrogen (secondary N) is 2. The van der Waals surface area contributed by atoms with Crippen molar-refractivity contribution in [3.63, 3.8) is 0 Å². The molecule has 0 saturated heterocycles. The molecule has 2 aromatic rings. The van der Waals surface area contributed by atoms with Gasteiger partial charge in [0.05, 0.1) is 18.1 Å². The van der Waals surface area contributed by atoms with E-state index in [0.717, 1.165) is 18.0 Å². The fraction of sp³-hybridized carbons (Fsp3) is 0.182. The van der Waals surface area contributed by atoms with Gasteiger partial charge < -0.3 is 10.3 Å². The number of rotatable bonds is 4. The SMILES string of the molecule is O=C(NCCc1cnc[nH]1)c1cc(F)cnc1Cl. The molecule has 7 heteroatoms. The average molecular weight is 269 g/mol. The van der Waals surface area contributed by atoms with E-state index in [-0.39, 0.29) is 10.7 Å². The topological polar surface area (TPSA) is 70.7 Å². The number of carbonyl (C=O) groups is 1. The minimum atomic E-state index is -0.599. The maximum absolute atomic E-state index is 12.9. The van der Waals surface area contributed by atoms with Crippen molar-refractivity contribution >= 4 is 17.5 Å². The summed E-state index contributed by atoms with van der Waals surface area (Å²) in [4.78, 5) is 22.1. The lowest BCUT2D eigenvalue weighted by Gasteiger charge is -2.05. The highest BCUT2D eigenvalue weighted by Gasteiger charge is 2.12. The third-order valence-electron chi connectivity index (χ3n) is 2.29. The van der Waals surface area contributed by atoms with Gasteiger partial charge >= 0.3 is 0 Å². The van der Waals surface area contributed by atoms with Gasteiger partial charge in [-0.15, -0.1) is 0 Å². The van der Waals surface area contributed by atoms with Crippen LogP contribution in [-0.2, 0) is 6.42 Å². The van der Waals surface area contributed by atoms with Gasteiger partial charge in [-0.05, 0) is 6.07 Å². The molecule has 0 aliphatic heterocycles. The average Bonchev–Trinajstić information content (AvgIpc) is 2.85. The Bertz CT molecular complexity index is 544. The Morgan fingerprint density at radius 3 is 3.06 bits per heavy atom. The summed E-state index contributed by atoms with van der Waals surface area (Å²) in [5, 5.41) is 2.61. The van der Waals surface area contributed by atoms with Gasteiger partial charge in [0.1, 0.15) is 11.0 Å². The Balaban J connectivity index is 1.93. The first-order valence-corrected chi connectivity index (χ1v) is 5.61. The van der Waals surface area contributed by atoms with Crippen molar-refractivity contribution in [2.75, 3.05) is 6.54 Å². The molecule has 18 heavy (non-hydrogen) atoms. The Hall–Kier alpha value is -1.95. The van der Waals surface area contributed by atoms with E-state index in [0.29, 0.717) is 13.0 Å². The molecule has 2 aromatic heterocycles. The van der Waals surface area contributed by atoms with Gasteiger partial charge in [0, 0.05) is 24.9 Å². The summed E-state index contributed by atoms with van der Waals surface area (Å²) in [7, 11) is 0. The molecule has 94 valence electrons. The molecule has 2 rings (SSSR count). The molecule has 0 aromatic carbocycles. The van der Waals surface area contributed by atoms with Crippen LogP contribution in [0.2, 0.25) is 5.15 Å². The molecule has 0 unspecified atom stereocenters. The minimum absolute atomic E-state index is 0.0181. The lowest BCUT2D eigenvalue weighted by atomic mass is 10.2. The van der Waals surface area contributed by atoms with E-state index in [1.54, 1.807) is 12.5 Å². The third kappa shape index (κ3) is 3.04. The Morgan fingerprint density at radius 1 is 1.50 bits per heavy atom. The van der Waals surface area contributed by atoms with Crippen LogP contribution in [-0.4, -0.2) is 27.4 Å². The second-order valence-corrected chi connectivity index (χ2v) is 3.93. The number of carbonyl (C=O) groups excluding carboxylic acids is 1. The minimum Gasteiger partial charge on any atom is -0.352 e. The molecule has 2 N–H and O–H groups in total. The number of hydrogen-bond acceptors (Lipinski definition) is 3. The van der Waals surface area contributed by atoms with Crippen LogP contribution in [0, 0.1) is 5.82 Å². The number of imidazole rings is 1. The fourth-order valence-electron chi connectivity index (χ4n) is 1.41. The van der Waals surface area contributed by atoms with Gasteiger partial charge in [0.25, 0.3) is 5.91 Å². The summed E-state index contributed by atoms with van der Waals surface area (Å²) < 4.78 is 12.9. The van der Waals surface area contributed by atoms with Crippen LogP contribution in [0.3, 0.4) is 0 Å². The van der Waals surface area contributed by atoms with E-state index in [2.05, 4.69) is 20.3 Å². The highest BCUT2D eigenvalue weighted by molar-refractivity contribution is 6.32. The molecule has 2 heterocycles. The van der Waals surface area contributed by atoms with E-state index in [1.165, 1.54) is 0 Å². The van der Waals surface area contributed by atoms with Crippen molar-refractivity contribution in [3.05, 3.63) is 47.0 Å². The first-order valence-electron chi connectivity index (χ1n) is 5.23. The van der Waals surface area contributed by atoms with Gasteiger partial charge in [-0.2, -0.15) is 0 Å². The standard InChI is InChI=1S/C11H10ClFN4O/c12-10-9(3-7(13)4-16-10)11(18)15-2-1-8-5-14-6-17-8/h3-6H,1-2H2,(H,14,17)(H,15,18). The van der Waals surface area contributed by atoms with Gasteiger partial charge in [-0.1, -0.05) is 11.6 Å². The Labute approximate surface area is 107 Å². The van der Waals surface area contributed by atoms with Crippen LogP contribution in [0.5, 0.6) is 0 Å². The number of amides is 1. The molecular weight excluding hydrogens is 259 g/mol. The number of aromatic nitrogens is 3. The predicted molar refractivity (Wildman–Crippen MR) is 63.8 cm³/mol. The van der Waals surface area contributed by atoms with Crippen LogP contribution in [0.4, 0.5) is 4.39 Å². The first kappa shape index (κ1) is 12.5. The third-order valence-corrected chi connectivity index (χ3v) is 2.59. The largest absolute Gasteiger partial charge is 0.352 e. The van der Waals surface area contributed by atoms with Crippen molar-refractivity contribution < 1.29 is 9.18 Å². The number of halogens is 2. The van der Waals surface area contributed by atoms with Gasteiger partial charge in [-0.25, -0.2) is 14.4 Å². The summed E-state index contributed by atoms with van der Waals surface area (Å²) in [5.41, 5.74) is 0.931. The maximum Gasteiger partial charge on any atom is 0.254 e. The second kappa shape index (κ2) is 5.59. The molecule has 0 saturated carbocycles. The predicted octanol–water partition coefficient (Wildman–Crippen LogP) is 1.57. The van der Waals surface area contributed by atoms with E-state index < -0.39 is 11.7 Å². The number of hydrogen-bond donors (Lipinski definition) is 2. The van der Waals surface area contributed by atoms with Gasteiger partial charge in [0.2, 0.25) is 0 Å². The van der Waals surface area contributed by atoms with Crippen molar-refractivity contribution in [2.24, 2.45) is 0 Å². The Morgan fingerprint density at radius 2 is 2.33 bits per heavy atom. The number of pyridine rings is 1. The molecule has 0 aliphatic rings. The summed E-state index contributed by atoms with van der Waals surface area (Å²) in [6.45, 7) is 0.397. The first-order chi connectivity index (χ1) is 8.66. The number of aromatic amines is 1. The molecular formula is C11H10ClFN4O. The molecule has 0 aliphatic carbocycles. The zero-order chi connectivity index (χ0) is 13.0. The molecule has 0 radical (unpaired) electrons. The van der Waals surface area contributed by atoms with Gasteiger partial charge in [0.15, 0.2) is 0 Å². The van der Waals surface area contributed by atoms with Crippen LogP contribution in [0.1, 0.15) is 16.1 Å². The zero-order valence-corrected chi connectivity index (χ0v) is 10.0. The molecule has 0 atom stereocenters. The summed E-state index contributed by atoms with van der Waals surface area (Å²) >= 11 is 5.71. The van der Waals surface area contributed by atoms with E-state index in [4.69, 9.17) is 11.6 Å². The van der Waals surface area contributed by atoms with E-state index in [9.17, 15) is 9.18 Å². The van der Waals surface area contributed by atoms with Gasteiger partial charge in [-0.3, -0.25) is 4.79 Å². The van der Waals surface area contributed by atoms with Crippen LogP contribution >= 0.6 is 11.6 Å². The monoisotopic (exact) mass is 268 g/mol. The highest BCUT2D eigenvalue weighted by atomic mass is 35.5.